The molecule has 2 nitrogen and oxygen atoms in total. The predicted molar refractivity (Wildman–Crippen MR) is 43.5 cm³/mol. The van der Waals surface area contributed by atoms with Crippen LogP contribution in [0.5, 0.6) is 0 Å². The first-order chi connectivity index (χ1) is 2.83. The standard InChI is InChI=1S/6ClH.2H2N.Pt/h6*1H;2*1H2;/q;;;;;;2*-1;+8/p-6. The van der Waals surface area contributed by atoms with Crippen LogP contribution in [0.15, 0.2) is 0 Å². The molecule has 9 heavy (non-hydrogen) atoms. The Hall–Kier alpha value is 2.35. The van der Waals surface area contributed by atoms with E-state index < -0.39 is 5.31 Å². The zero-order chi connectivity index (χ0) is 8.35. The second-order valence-corrected chi connectivity index (χ2v) is 71.1. The van der Waals surface area contributed by atoms with Crippen LogP contribution < -0.4 is 8.58 Å². The van der Waals surface area contributed by atoms with Gasteiger partial charge in [-0.25, -0.2) is 0 Å². The van der Waals surface area contributed by atoms with Gasteiger partial charge in [0, 0.05) is 0 Å². The van der Waals surface area contributed by atoms with Gasteiger partial charge in [0.05, 0.1) is 0 Å². The monoisotopic (exact) mass is 437 g/mol. The number of nitrogens with two attached hydrogens (primary N) is 2. The van der Waals surface area contributed by atoms with Crippen LogP contribution in [0.3, 0.4) is 0 Å². The summed E-state index contributed by atoms with van der Waals surface area (Å²) in [7, 11) is 30.6. The molecule has 66 valence electrons. The fourth-order valence-corrected chi connectivity index (χ4v) is 0. The molecule has 0 aromatic rings. The van der Waals surface area contributed by atoms with Gasteiger partial charge in [0.1, 0.15) is 0 Å². The molecule has 0 aromatic carbocycles. The molecule has 0 amide bonds. The molecular formula is H4Cl6N2Pt. The Morgan fingerprint density at radius 3 is 0.667 bits per heavy atom. The van der Waals surface area contributed by atoms with Gasteiger partial charge in [-0.2, -0.15) is 0 Å². The first-order valence-electron chi connectivity index (χ1n) is 1.08. The SMILES string of the molecule is [NH2][Pt]([NH2])([Cl])([Cl])([Cl])([Cl])([Cl])[Cl]. The van der Waals surface area contributed by atoms with Gasteiger partial charge < -0.3 is 0 Å². The molecule has 0 aromatic heterocycles. The Morgan fingerprint density at radius 2 is 0.667 bits per heavy atom. The van der Waals surface area contributed by atoms with Crippen LogP contribution in [0.25, 0.3) is 0 Å². The molecule has 0 spiro atoms. The summed E-state index contributed by atoms with van der Waals surface area (Å²) in [6, 6.07) is 0. The van der Waals surface area contributed by atoms with Crippen LogP contribution in [0.1, 0.15) is 0 Å². The van der Waals surface area contributed by atoms with Gasteiger partial charge in [0.15, 0.2) is 0 Å². The van der Waals surface area contributed by atoms with Crippen molar-refractivity contribution in [3.8, 4) is 0 Å². The summed E-state index contributed by atoms with van der Waals surface area (Å²) in [5, 5.41) is -7.37. The quantitative estimate of drug-likeness (QED) is 0.610. The van der Waals surface area contributed by atoms with Crippen molar-refractivity contribution < 1.29 is 5.31 Å². The van der Waals surface area contributed by atoms with Crippen molar-refractivity contribution in [2.24, 2.45) is 8.58 Å². The zero-order valence-electron chi connectivity index (χ0n) is 3.74. The summed E-state index contributed by atoms with van der Waals surface area (Å²) >= 11 is 0. The van der Waals surface area contributed by atoms with E-state index in [9.17, 15) is 0 Å². The van der Waals surface area contributed by atoms with E-state index in [1.165, 1.54) is 0 Å². The van der Waals surface area contributed by atoms with Crippen molar-refractivity contribution in [3.05, 3.63) is 0 Å². The van der Waals surface area contributed by atoms with Crippen molar-refractivity contribution in [3.63, 3.8) is 0 Å². The average Bonchev–Trinajstić information content (AvgIpc) is 0.503. The third-order valence-electron chi connectivity index (χ3n) is 0. The fourth-order valence-electron chi connectivity index (χ4n) is 0. The first-order valence-corrected chi connectivity index (χ1v) is 20.6. The minimum absolute atomic E-state index is 4.86. The molecule has 0 aliphatic rings. The Bertz CT molecular complexity index is 146. The molecule has 0 aliphatic carbocycles. The average molecular weight is 440 g/mol. The number of halogens is 6. The molecule has 0 atom stereocenters. The maximum atomic E-state index is 5.10. The van der Waals surface area contributed by atoms with Crippen molar-refractivity contribution in [2.45, 2.75) is 0 Å². The Morgan fingerprint density at radius 1 is 0.667 bits per heavy atom. The van der Waals surface area contributed by atoms with Crippen LogP contribution in [0.2, 0.25) is 0 Å². The molecule has 9 heteroatoms. The molecule has 0 saturated heterocycles. The molecule has 0 bridgehead atoms. The van der Waals surface area contributed by atoms with E-state index in [1.54, 1.807) is 0 Å². The summed E-state index contributed by atoms with van der Waals surface area (Å²) in [5.74, 6) is 0. The summed E-state index contributed by atoms with van der Waals surface area (Å²) in [4.78, 5) is 0. The first kappa shape index (κ1) is 11.3. The molecule has 0 fully saturated rings. The van der Waals surface area contributed by atoms with Gasteiger partial charge >= 0.3 is 70.4 Å². The molecule has 0 rings (SSSR count). The van der Waals surface area contributed by atoms with E-state index >= 15 is 0 Å². The number of hydrogen-bond acceptors (Lipinski definition) is 2. The molecule has 0 radical (unpaired) electrons. The topological polar surface area (TPSA) is 52.0 Å². The minimum atomic E-state index is -7.37. The summed E-state index contributed by atoms with van der Waals surface area (Å²) < 4.78 is 9.72. The van der Waals surface area contributed by atoms with Gasteiger partial charge in [0.25, 0.3) is 0 Å². The summed E-state index contributed by atoms with van der Waals surface area (Å²) in [6.45, 7) is 0. The van der Waals surface area contributed by atoms with E-state index in [1.807, 2.05) is 0 Å². The fraction of sp³-hybridized carbons (Fsp3) is 0. The number of hydrogen-bond donors (Lipinski definition) is 2. The maximum absolute atomic E-state index is 7.37. The molecule has 0 unspecified atom stereocenters. The van der Waals surface area contributed by atoms with Crippen LogP contribution >= 0.6 is 56.5 Å². The van der Waals surface area contributed by atoms with Crippen LogP contribution in [-0.4, -0.2) is 0 Å². The van der Waals surface area contributed by atoms with E-state index in [2.05, 4.69) is 0 Å². The second-order valence-electron chi connectivity index (χ2n) is 1.61. The van der Waals surface area contributed by atoms with E-state index in [4.69, 9.17) is 65.1 Å². The zero-order valence-corrected chi connectivity index (χ0v) is 10.5. The van der Waals surface area contributed by atoms with Crippen LogP contribution in [0.4, 0.5) is 0 Å². The normalized spacial score (nSPS) is 31.1. The Kier molecular flexibility index (Phi) is 1.24. The third-order valence-corrected chi connectivity index (χ3v) is 0. The Labute approximate surface area is 69.5 Å². The van der Waals surface area contributed by atoms with Crippen molar-refractivity contribution >= 4 is 56.5 Å². The Balaban J connectivity index is 5.84. The molecule has 0 saturated carbocycles. The van der Waals surface area contributed by atoms with Gasteiger partial charge in [-0.15, -0.1) is 0 Å². The van der Waals surface area contributed by atoms with E-state index in [-0.39, 0.29) is 0 Å². The molecule has 4 N–H and O–H groups in total. The molecule has 0 heterocycles. The van der Waals surface area contributed by atoms with Crippen molar-refractivity contribution in [1.29, 1.82) is 0 Å². The van der Waals surface area contributed by atoms with Gasteiger partial charge in [0.2, 0.25) is 0 Å². The van der Waals surface area contributed by atoms with Crippen LogP contribution in [0, 0.1) is 0 Å². The summed E-state index contributed by atoms with van der Waals surface area (Å²) in [6.07, 6.45) is 0. The van der Waals surface area contributed by atoms with Crippen molar-refractivity contribution in [1.82, 2.24) is 0 Å². The van der Waals surface area contributed by atoms with E-state index in [0.717, 1.165) is 0 Å². The van der Waals surface area contributed by atoms with Crippen molar-refractivity contribution in [2.75, 3.05) is 0 Å². The van der Waals surface area contributed by atoms with Gasteiger partial charge in [-0.3, -0.25) is 0 Å². The van der Waals surface area contributed by atoms with Gasteiger partial charge in [-0.1, -0.05) is 0 Å². The molecular weight excluding hydrogens is 436 g/mol. The van der Waals surface area contributed by atoms with Crippen LogP contribution in [-0.2, 0) is 5.31 Å². The molecule has 0 aliphatic heterocycles. The number of rotatable bonds is 0. The predicted octanol–water partition coefficient (Wildman–Crippen LogP) is 2.95. The third kappa shape index (κ3) is 131. The van der Waals surface area contributed by atoms with E-state index in [0.29, 0.717) is 0 Å². The summed E-state index contributed by atoms with van der Waals surface area (Å²) in [5.41, 5.74) is 0. The van der Waals surface area contributed by atoms with Gasteiger partial charge in [-0.05, 0) is 0 Å². The second kappa shape index (κ2) is 0.982.